The van der Waals surface area contributed by atoms with E-state index in [1.165, 1.54) is 23.3 Å². The fourth-order valence-corrected chi connectivity index (χ4v) is 2.29. The number of rotatable bonds is 5. The van der Waals surface area contributed by atoms with Crippen LogP contribution >= 0.6 is 0 Å². The number of hydrogen-bond donors (Lipinski definition) is 1. The normalized spacial score (nSPS) is 11.7. The fraction of sp³-hybridized carbons (Fsp3) is 0.316. The highest BCUT2D eigenvalue weighted by Gasteiger charge is 2.05. The van der Waals surface area contributed by atoms with Gasteiger partial charge in [-0.25, -0.2) is 4.79 Å². The maximum Gasteiger partial charge on any atom is 0.336 e. The highest BCUT2D eigenvalue weighted by molar-refractivity contribution is 5.79. The Balaban J connectivity index is 2.14. The van der Waals surface area contributed by atoms with Crippen LogP contribution in [0.25, 0.3) is 11.0 Å². The fourth-order valence-electron chi connectivity index (χ4n) is 2.29. The summed E-state index contributed by atoms with van der Waals surface area (Å²) in [6, 6.07) is 6.49. The molecule has 1 aromatic heterocycles. The van der Waals surface area contributed by atoms with Crippen molar-refractivity contribution in [1.29, 1.82) is 0 Å². The number of aromatic hydroxyl groups is 1. The topological polar surface area (TPSA) is 50.4 Å². The predicted molar refractivity (Wildman–Crippen MR) is 90.3 cm³/mol. The maximum absolute atomic E-state index is 11.2. The van der Waals surface area contributed by atoms with Gasteiger partial charge in [-0.2, -0.15) is 0 Å². The van der Waals surface area contributed by atoms with Crippen molar-refractivity contribution in [1.82, 2.24) is 0 Å². The summed E-state index contributed by atoms with van der Waals surface area (Å²) in [4.78, 5) is 11.2. The third-order valence-electron chi connectivity index (χ3n) is 3.58. The molecule has 0 aliphatic heterocycles. The van der Waals surface area contributed by atoms with E-state index >= 15 is 0 Å². The van der Waals surface area contributed by atoms with Gasteiger partial charge in [0.15, 0.2) is 0 Å². The summed E-state index contributed by atoms with van der Waals surface area (Å²) in [5, 5.41) is 10.9. The zero-order valence-electron chi connectivity index (χ0n) is 13.3. The molecule has 22 heavy (non-hydrogen) atoms. The van der Waals surface area contributed by atoms with Crippen LogP contribution in [-0.2, 0) is 6.42 Å². The van der Waals surface area contributed by atoms with E-state index in [4.69, 9.17) is 4.42 Å². The van der Waals surface area contributed by atoms with E-state index < -0.39 is 5.63 Å². The van der Waals surface area contributed by atoms with Crippen molar-refractivity contribution in [3.63, 3.8) is 0 Å². The summed E-state index contributed by atoms with van der Waals surface area (Å²) in [6.45, 7) is 6.31. The van der Waals surface area contributed by atoms with E-state index in [1.807, 2.05) is 6.07 Å². The maximum atomic E-state index is 11.2. The van der Waals surface area contributed by atoms with Crippen molar-refractivity contribution < 1.29 is 9.52 Å². The largest absolute Gasteiger partial charge is 0.508 e. The van der Waals surface area contributed by atoms with E-state index in [0.29, 0.717) is 12.0 Å². The molecule has 0 saturated carbocycles. The molecular formula is C19H22O3. The average Bonchev–Trinajstić information content (AvgIpc) is 2.44. The first kappa shape index (κ1) is 16.1. The van der Waals surface area contributed by atoms with Gasteiger partial charge in [0.05, 0.1) is 0 Å². The van der Waals surface area contributed by atoms with Crippen molar-refractivity contribution in [2.24, 2.45) is 0 Å². The standard InChI is InChI=1S/C19H22O3/c1-13(2)5-4-6-14(3)7-8-15-11-16-9-10-19(21)22-18(16)12-17(15)20/h5,7,9-12,20H,4,6,8H2,1-3H3/b14-7-. The molecule has 0 bridgehead atoms. The van der Waals surface area contributed by atoms with Gasteiger partial charge >= 0.3 is 5.63 Å². The van der Waals surface area contributed by atoms with E-state index in [1.54, 1.807) is 6.07 Å². The minimum absolute atomic E-state index is 0.162. The van der Waals surface area contributed by atoms with Gasteiger partial charge in [-0.15, -0.1) is 0 Å². The Morgan fingerprint density at radius 2 is 1.95 bits per heavy atom. The van der Waals surface area contributed by atoms with Gasteiger partial charge in [-0.05, 0) is 57.7 Å². The summed E-state index contributed by atoms with van der Waals surface area (Å²) in [5.74, 6) is 0.162. The number of fused-ring (bicyclic) bond motifs is 1. The first-order valence-electron chi connectivity index (χ1n) is 7.50. The molecule has 2 rings (SSSR count). The van der Waals surface area contributed by atoms with Crippen LogP contribution in [0.1, 0.15) is 39.2 Å². The quantitative estimate of drug-likeness (QED) is 0.641. The lowest BCUT2D eigenvalue weighted by Gasteiger charge is -2.05. The van der Waals surface area contributed by atoms with E-state index in [9.17, 15) is 9.90 Å². The number of allylic oxidation sites excluding steroid dienone is 4. The number of phenols is 1. The molecule has 1 heterocycles. The molecule has 0 radical (unpaired) electrons. The van der Waals surface area contributed by atoms with Gasteiger partial charge in [0.2, 0.25) is 0 Å². The Hall–Kier alpha value is -2.29. The molecule has 0 fully saturated rings. The molecule has 116 valence electrons. The molecular weight excluding hydrogens is 276 g/mol. The van der Waals surface area contributed by atoms with Gasteiger partial charge in [-0.1, -0.05) is 23.3 Å². The highest BCUT2D eigenvalue weighted by Crippen LogP contribution is 2.25. The first-order valence-corrected chi connectivity index (χ1v) is 7.50. The molecule has 0 aliphatic rings. The lowest BCUT2D eigenvalue weighted by Crippen LogP contribution is -1.95. The highest BCUT2D eigenvalue weighted by atomic mass is 16.4. The summed E-state index contributed by atoms with van der Waals surface area (Å²) < 4.78 is 5.06. The molecule has 0 spiro atoms. The summed E-state index contributed by atoms with van der Waals surface area (Å²) in [7, 11) is 0. The zero-order valence-corrected chi connectivity index (χ0v) is 13.3. The first-order chi connectivity index (χ1) is 10.5. The van der Waals surface area contributed by atoms with E-state index in [-0.39, 0.29) is 5.75 Å². The SMILES string of the molecule is CC(C)=CCC/C(C)=C\Cc1cc2ccc(=O)oc2cc1O. The van der Waals surface area contributed by atoms with E-state index in [2.05, 4.69) is 32.9 Å². The summed E-state index contributed by atoms with van der Waals surface area (Å²) >= 11 is 0. The van der Waals surface area contributed by atoms with Gasteiger partial charge < -0.3 is 9.52 Å². The number of phenolic OH excluding ortho intramolecular Hbond substituents is 1. The summed E-state index contributed by atoms with van der Waals surface area (Å²) in [5.41, 5.74) is 3.48. The Morgan fingerprint density at radius 3 is 2.68 bits per heavy atom. The molecule has 2 aromatic rings. The molecule has 1 N–H and O–H groups in total. The van der Waals surface area contributed by atoms with Crippen molar-refractivity contribution in [3.05, 3.63) is 63.5 Å². The molecule has 0 saturated heterocycles. The molecule has 0 atom stereocenters. The average molecular weight is 298 g/mol. The van der Waals surface area contributed by atoms with Crippen LogP contribution in [0.5, 0.6) is 5.75 Å². The molecule has 3 heteroatoms. The number of benzene rings is 1. The van der Waals surface area contributed by atoms with Crippen LogP contribution in [-0.4, -0.2) is 5.11 Å². The van der Waals surface area contributed by atoms with Gasteiger partial charge in [0.1, 0.15) is 11.3 Å². The monoisotopic (exact) mass is 298 g/mol. The molecule has 0 amide bonds. The Bertz CT molecular complexity index is 775. The van der Waals surface area contributed by atoms with Crippen LogP contribution in [0.2, 0.25) is 0 Å². The lowest BCUT2D eigenvalue weighted by molar-refractivity contribution is 0.467. The molecule has 0 unspecified atom stereocenters. The smallest absolute Gasteiger partial charge is 0.336 e. The number of hydrogen-bond acceptors (Lipinski definition) is 3. The minimum atomic E-state index is -0.408. The van der Waals surface area contributed by atoms with Crippen LogP contribution in [0.15, 0.2) is 56.8 Å². The summed E-state index contributed by atoms with van der Waals surface area (Å²) in [6.07, 6.45) is 7.10. The third-order valence-corrected chi connectivity index (χ3v) is 3.58. The van der Waals surface area contributed by atoms with Crippen molar-refractivity contribution in [2.45, 2.75) is 40.0 Å². The molecule has 0 aliphatic carbocycles. The zero-order chi connectivity index (χ0) is 16.1. The van der Waals surface area contributed by atoms with Gasteiger partial charge in [-0.3, -0.25) is 0 Å². The second kappa shape index (κ2) is 7.12. The van der Waals surface area contributed by atoms with Crippen LogP contribution in [0.3, 0.4) is 0 Å². The lowest BCUT2D eigenvalue weighted by atomic mass is 10.0. The third kappa shape index (κ3) is 4.35. The Labute approximate surface area is 130 Å². The van der Waals surface area contributed by atoms with Crippen molar-refractivity contribution in [3.8, 4) is 5.75 Å². The van der Waals surface area contributed by atoms with Crippen LogP contribution in [0.4, 0.5) is 0 Å². The van der Waals surface area contributed by atoms with Crippen molar-refractivity contribution in [2.75, 3.05) is 0 Å². The van der Waals surface area contributed by atoms with Crippen molar-refractivity contribution >= 4 is 11.0 Å². The molecule has 1 aromatic carbocycles. The Morgan fingerprint density at radius 1 is 1.18 bits per heavy atom. The van der Waals surface area contributed by atoms with Gasteiger partial charge in [0, 0.05) is 17.5 Å². The van der Waals surface area contributed by atoms with E-state index in [0.717, 1.165) is 23.8 Å². The minimum Gasteiger partial charge on any atom is -0.508 e. The van der Waals surface area contributed by atoms with Crippen LogP contribution in [0, 0.1) is 0 Å². The second-order valence-corrected chi connectivity index (χ2v) is 5.85. The van der Waals surface area contributed by atoms with Gasteiger partial charge in [0.25, 0.3) is 0 Å². The molecule has 3 nitrogen and oxygen atoms in total. The Kier molecular flexibility index (Phi) is 5.21. The predicted octanol–water partition coefficient (Wildman–Crippen LogP) is 4.73. The van der Waals surface area contributed by atoms with Crippen LogP contribution < -0.4 is 5.63 Å². The second-order valence-electron chi connectivity index (χ2n) is 5.85.